The molecular weight excluding hydrogens is 325 g/mol. The quantitative estimate of drug-likeness (QED) is 0.798. The number of benzene rings is 2. The summed E-state index contributed by atoms with van der Waals surface area (Å²) in [5, 5.41) is 0. The van der Waals surface area contributed by atoms with E-state index in [0.717, 1.165) is 6.07 Å². The van der Waals surface area contributed by atoms with Crippen molar-refractivity contribution in [2.24, 2.45) is 0 Å². The van der Waals surface area contributed by atoms with Crippen LogP contribution in [-0.2, 0) is 17.5 Å². The molecule has 0 radical (unpaired) electrons. The van der Waals surface area contributed by atoms with Gasteiger partial charge in [0.05, 0.1) is 11.1 Å². The van der Waals surface area contributed by atoms with Crippen LogP contribution >= 0.6 is 0 Å². The summed E-state index contributed by atoms with van der Waals surface area (Å²) in [7, 11) is 0. The van der Waals surface area contributed by atoms with E-state index in [1.54, 1.807) is 6.07 Å². The molecule has 0 saturated heterocycles. The maximum Gasteiger partial charge on any atom is 0.416 e. The molecule has 2 aromatic rings. The van der Waals surface area contributed by atoms with E-state index in [2.05, 4.69) is 0 Å². The van der Waals surface area contributed by atoms with Gasteiger partial charge < -0.3 is 14.2 Å². The van der Waals surface area contributed by atoms with Crippen LogP contribution < -0.4 is 9.47 Å². The van der Waals surface area contributed by atoms with Crippen LogP contribution in [-0.4, -0.2) is 19.2 Å². The maximum atomic E-state index is 12.9. The van der Waals surface area contributed by atoms with E-state index >= 15 is 0 Å². The summed E-state index contributed by atoms with van der Waals surface area (Å²) in [6.45, 7) is 0.318. The van der Waals surface area contributed by atoms with Gasteiger partial charge in [0, 0.05) is 5.56 Å². The minimum absolute atomic E-state index is 0.101. The molecular formula is C17H13F3O4. The van der Waals surface area contributed by atoms with Gasteiger partial charge in [-0.25, -0.2) is 4.79 Å². The summed E-state index contributed by atoms with van der Waals surface area (Å²) < 4.78 is 54.4. The minimum atomic E-state index is -4.50. The Bertz CT molecular complexity index is 756. The van der Waals surface area contributed by atoms with Crippen molar-refractivity contribution in [2.75, 3.05) is 13.2 Å². The first-order valence-corrected chi connectivity index (χ1v) is 7.17. The van der Waals surface area contributed by atoms with Crippen LogP contribution in [0.25, 0.3) is 0 Å². The second kappa shape index (κ2) is 6.43. The maximum absolute atomic E-state index is 12.9. The van der Waals surface area contributed by atoms with Gasteiger partial charge in [0.2, 0.25) is 0 Å². The van der Waals surface area contributed by atoms with Crippen molar-refractivity contribution in [3.05, 3.63) is 59.2 Å². The number of ether oxygens (including phenoxy) is 3. The first-order chi connectivity index (χ1) is 11.4. The van der Waals surface area contributed by atoms with Gasteiger partial charge in [-0.15, -0.1) is 0 Å². The van der Waals surface area contributed by atoms with E-state index in [1.165, 1.54) is 30.3 Å². The van der Waals surface area contributed by atoms with Gasteiger partial charge in [-0.3, -0.25) is 0 Å². The third-order valence-electron chi connectivity index (χ3n) is 3.46. The second-order valence-electron chi connectivity index (χ2n) is 5.09. The van der Waals surface area contributed by atoms with Gasteiger partial charge >= 0.3 is 12.1 Å². The second-order valence-corrected chi connectivity index (χ2v) is 5.09. The van der Waals surface area contributed by atoms with Crippen molar-refractivity contribution in [1.82, 2.24) is 0 Å². The highest BCUT2D eigenvalue weighted by molar-refractivity contribution is 5.90. The van der Waals surface area contributed by atoms with Crippen LogP contribution in [0.5, 0.6) is 11.5 Å². The van der Waals surface area contributed by atoms with Crippen LogP contribution in [0.4, 0.5) is 13.2 Å². The fraction of sp³-hybridized carbons (Fsp3) is 0.235. The van der Waals surface area contributed by atoms with E-state index in [0.29, 0.717) is 24.7 Å². The molecule has 24 heavy (non-hydrogen) atoms. The number of hydrogen-bond acceptors (Lipinski definition) is 4. The van der Waals surface area contributed by atoms with Gasteiger partial charge in [-0.2, -0.15) is 13.2 Å². The normalized spacial score (nSPS) is 13.5. The van der Waals surface area contributed by atoms with Gasteiger partial charge in [-0.1, -0.05) is 18.2 Å². The molecule has 0 aliphatic carbocycles. The smallest absolute Gasteiger partial charge is 0.416 e. The van der Waals surface area contributed by atoms with Crippen LogP contribution in [0.3, 0.4) is 0 Å². The Morgan fingerprint density at radius 3 is 2.50 bits per heavy atom. The molecule has 0 N–H and O–H groups in total. The third-order valence-corrected chi connectivity index (χ3v) is 3.46. The standard InChI is InChI=1S/C17H13F3O4/c18-17(19,20)13-4-2-1-3-12(13)10-24-16(21)11-5-6-14-15(9-11)23-8-7-22-14/h1-6,9H,7-8,10H2. The van der Waals surface area contributed by atoms with E-state index in [4.69, 9.17) is 14.2 Å². The molecule has 1 heterocycles. The van der Waals surface area contributed by atoms with Gasteiger partial charge in [0.1, 0.15) is 19.8 Å². The van der Waals surface area contributed by atoms with Gasteiger partial charge in [-0.05, 0) is 24.3 Å². The number of esters is 1. The van der Waals surface area contributed by atoms with Crippen LogP contribution in [0.1, 0.15) is 21.5 Å². The highest BCUT2D eigenvalue weighted by atomic mass is 19.4. The molecule has 0 aromatic heterocycles. The Morgan fingerprint density at radius 1 is 1.04 bits per heavy atom. The molecule has 0 bridgehead atoms. The summed E-state index contributed by atoms with van der Waals surface area (Å²) >= 11 is 0. The minimum Gasteiger partial charge on any atom is -0.486 e. The summed E-state index contributed by atoms with van der Waals surface area (Å²) in [5.74, 6) is 0.190. The fourth-order valence-corrected chi connectivity index (χ4v) is 2.32. The summed E-state index contributed by atoms with van der Waals surface area (Å²) in [5.41, 5.74) is -0.736. The first-order valence-electron chi connectivity index (χ1n) is 7.17. The Balaban J connectivity index is 1.73. The molecule has 3 rings (SSSR count). The van der Waals surface area contributed by atoms with E-state index in [1.807, 2.05) is 0 Å². The van der Waals surface area contributed by atoms with Crippen LogP contribution in [0, 0.1) is 0 Å². The Kier molecular flexibility index (Phi) is 4.33. The molecule has 0 amide bonds. The highest BCUT2D eigenvalue weighted by Crippen LogP contribution is 2.33. The van der Waals surface area contributed by atoms with Crippen molar-refractivity contribution < 1.29 is 32.2 Å². The number of hydrogen-bond donors (Lipinski definition) is 0. The molecule has 0 spiro atoms. The molecule has 7 heteroatoms. The zero-order chi connectivity index (χ0) is 17.2. The molecule has 1 aliphatic rings. The Labute approximate surface area is 135 Å². The molecule has 0 saturated carbocycles. The molecule has 4 nitrogen and oxygen atoms in total. The van der Waals surface area contributed by atoms with Crippen molar-refractivity contribution in [3.63, 3.8) is 0 Å². The highest BCUT2D eigenvalue weighted by Gasteiger charge is 2.33. The Morgan fingerprint density at radius 2 is 1.75 bits per heavy atom. The van der Waals surface area contributed by atoms with Crippen molar-refractivity contribution in [2.45, 2.75) is 12.8 Å². The van der Waals surface area contributed by atoms with Gasteiger partial charge in [0.15, 0.2) is 11.5 Å². The predicted molar refractivity (Wildman–Crippen MR) is 78.0 cm³/mol. The van der Waals surface area contributed by atoms with Crippen molar-refractivity contribution in [1.29, 1.82) is 0 Å². The zero-order valence-electron chi connectivity index (χ0n) is 12.4. The van der Waals surface area contributed by atoms with Crippen LogP contribution in [0.15, 0.2) is 42.5 Å². The largest absolute Gasteiger partial charge is 0.486 e. The van der Waals surface area contributed by atoms with E-state index in [-0.39, 0.29) is 11.1 Å². The average Bonchev–Trinajstić information content (AvgIpc) is 2.58. The average molecular weight is 338 g/mol. The number of alkyl halides is 3. The lowest BCUT2D eigenvalue weighted by atomic mass is 10.1. The third kappa shape index (κ3) is 3.45. The summed E-state index contributed by atoms with van der Waals surface area (Å²) in [6.07, 6.45) is -4.50. The molecule has 0 fully saturated rings. The number of carbonyl (C=O) groups excluding carboxylic acids is 1. The van der Waals surface area contributed by atoms with Crippen LogP contribution in [0.2, 0.25) is 0 Å². The fourth-order valence-electron chi connectivity index (χ4n) is 2.32. The van der Waals surface area contributed by atoms with Crippen molar-refractivity contribution >= 4 is 5.97 Å². The first kappa shape index (κ1) is 16.2. The van der Waals surface area contributed by atoms with E-state index in [9.17, 15) is 18.0 Å². The molecule has 1 aliphatic heterocycles. The summed E-state index contributed by atoms with van der Waals surface area (Å²) in [4.78, 5) is 12.1. The molecule has 2 aromatic carbocycles. The molecule has 0 unspecified atom stereocenters. The lowest BCUT2D eigenvalue weighted by Crippen LogP contribution is -2.16. The zero-order valence-corrected chi connectivity index (χ0v) is 12.4. The monoisotopic (exact) mass is 338 g/mol. The SMILES string of the molecule is O=C(OCc1ccccc1C(F)(F)F)c1ccc2c(c1)OCCO2. The topological polar surface area (TPSA) is 44.8 Å². The van der Waals surface area contributed by atoms with Crippen molar-refractivity contribution in [3.8, 4) is 11.5 Å². The van der Waals surface area contributed by atoms with E-state index < -0.39 is 24.3 Å². The lowest BCUT2D eigenvalue weighted by Gasteiger charge is -2.18. The lowest BCUT2D eigenvalue weighted by molar-refractivity contribution is -0.138. The number of carbonyl (C=O) groups is 1. The predicted octanol–water partition coefficient (Wildman–Crippen LogP) is 3.83. The Hall–Kier alpha value is -2.70. The number of rotatable bonds is 3. The summed E-state index contributed by atoms with van der Waals surface area (Å²) in [6, 6.07) is 9.47. The number of fused-ring (bicyclic) bond motifs is 1. The molecule has 126 valence electrons. The molecule has 0 atom stereocenters. The number of halogens is 3. The van der Waals surface area contributed by atoms with Gasteiger partial charge in [0.25, 0.3) is 0 Å².